The number of ether oxygens (including phenoxy) is 2. The molecule has 0 spiro atoms. The van der Waals surface area contributed by atoms with Crippen molar-refractivity contribution in [1.29, 1.82) is 0 Å². The van der Waals surface area contributed by atoms with Gasteiger partial charge in [-0.15, -0.1) is 0 Å². The number of anilines is 2. The van der Waals surface area contributed by atoms with Gasteiger partial charge in [0.05, 0.1) is 24.6 Å². The minimum atomic E-state index is 0.651. The van der Waals surface area contributed by atoms with Crippen LogP contribution < -0.4 is 11.1 Å². The van der Waals surface area contributed by atoms with Crippen LogP contribution in [0.5, 0.6) is 0 Å². The van der Waals surface area contributed by atoms with Crippen LogP contribution in [0.1, 0.15) is 12.0 Å². The molecule has 0 aliphatic rings. The lowest BCUT2D eigenvalue weighted by atomic mass is 10.1. The van der Waals surface area contributed by atoms with Crippen molar-refractivity contribution < 1.29 is 9.47 Å². The van der Waals surface area contributed by atoms with Gasteiger partial charge < -0.3 is 20.5 Å². The first kappa shape index (κ1) is 13.8. The highest BCUT2D eigenvalue weighted by Crippen LogP contribution is 2.22. The molecule has 0 heterocycles. The molecule has 0 unspecified atom stereocenters. The summed E-state index contributed by atoms with van der Waals surface area (Å²) in [6.45, 7) is 4.96. The Bertz CT molecular complexity index is 309. The van der Waals surface area contributed by atoms with Crippen LogP contribution >= 0.6 is 0 Å². The molecule has 0 saturated heterocycles. The Kier molecular flexibility index (Phi) is 6.43. The number of nitrogens with two attached hydrogens (primary N) is 1. The number of methoxy groups -OCH3 is 1. The SMILES string of the molecule is COCCOCCCNc1c(C)cccc1N. The van der Waals surface area contributed by atoms with Gasteiger partial charge in [0.15, 0.2) is 0 Å². The van der Waals surface area contributed by atoms with Crippen molar-refractivity contribution in [2.45, 2.75) is 13.3 Å². The van der Waals surface area contributed by atoms with E-state index in [4.69, 9.17) is 15.2 Å². The van der Waals surface area contributed by atoms with Gasteiger partial charge in [0.1, 0.15) is 0 Å². The second kappa shape index (κ2) is 7.92. The van der Waals surface area contributed by atoms with Gasteiger partial charge in [-0.1, -0.05) is 12.1 Å². The molecule has 0 fully saturated rings. The second-order valence-corrected chi connectivity index (χ2v) is 3.92. The predicted octanol–water partition coefficient (Wildman–Crippen LogP) is 2.04. The summed E-state index contributed by atoms with van der Waals surface area (Å²) < 4.78 is 10.3. The fraction of sp³-hybridized carbons (Fsp3) is 0.538. The van der Waals surface area contributed by atoms with Gasteiger partial charge in [0.2, 0.25) is 0 Å². The Morgan fingerprint density at radius 1 is 1.24 bits per heavy atom. The van der Waals surface area contributed by atoms with E-state index in [1.807, 2.05) is 25.1 Å². The smallest absolute Gasteiger partial charge is 0.0700 e. The van der Waals surface area contributed by atoms with Gasteiger partial charge in [-0.2, -0.15) is 0 Å². The van der Waals surface area contributed by atoms with Crippen LogP contribution in [-0.4, -0.2) is 33.5 Å². The van der Waals surface area contributed by atoms with Crippen LogP contribution in [0.15, 0.2) is 18.2 Å². The molecule has 0 saturated carbocycles. The van der Waals surface area contributed by atoms with Gasteiger partial charge in [-0.25, -0.2) is 0 Å². The maximum absolute atomic E-state index is 5.89. The largest absolute Gasteiger partial charge is 0.397 e. The molecule has 0 aliphatic carbocycles. The summed E-state index contributed by atoms with van der Waals surface area (Å²) in [4.78, 5) is 0. The number of aryl methyl sites for hydroxylation is 1. The summed E-state index contributed by atoms with van der Waals surface area (Å²) in [7, 11) is 1.67. The fourth-order valence-corrected chi connectivity index (χ4v) is 1.56. The zero-order valence-corrected chi connectivity index (χ0v) is 10.7. The highest BCUT2D eigenvalue weighted by molar-refractivity contribution is 5.69. The van der Waals surface area contributed by atoms with E-state index in [1.165, 1.54) is 5.56 Å². The summed E-state index contributed by atoms with van der Waals surface area (Å²) in [5.74, 6) is 0. The summed E-state index contributed by atoms with van der Waals surface area (Å²) >= 11 is 0. The van der Waals surface area contributed by atoms with Crippen LogP contribution in [0.25, 0.3) is 0 Å². The lowest BCUT2D eigenvalue weighted by molar-refractivity contribution is 0.0705. The number of rotatable bonds is 8. The first-order valence-electron chi connectivity index (χ1n) is 5.91. The van der Waals surface area contributed by atoms with E-state index in [-0.39, 0.29) is 0 Å². The maximum Gasteiger partial charge on any atom is 0.0700 e. The van der Waals surface area contributed by atoms with Crippen LogP contribution in [0.3, 0.4) is 0 Å². The summed E-state index contributed by atoms with van der Waals surface area (Å²) in [6, 6.07) is 5.92. The molecule has 96 valence electrons. The number of nitrogen functional groups attached to an aromatic ring is 1. The molecule has 1 aromatic carbocycles. The number of nitrogens with one attached hydrogen (secondary N) is 1. The lowest BCUT2D eigenvalue weighted by Gasteiger charge is -2.12. The highest BCUT2D eigenvalue weighted by atomic mass is 16.5. The molecule has 0 aliphatic heterocycles. The molecule has 0 aromatic heterocycles. The van der Waals surface area contributed by atoms with Crippen molar-refractivity contribution >= 4 is 11.4 Å². The molecule has 4 nitrogen and oxygen atoms in total. The van der Waals surface area contributed by atoms with Gasteiger partial charge in [0, 0.05) is 20.3 Å². The third kappa shape index (κ3) is 5.06. The van der Waals surface area contributed by atoms with E-state index in [0.717, 1.165) is 30.9 Å². The van der Waals surface area contributed by atoms with E-state index in [2.05, 4.69) is 5.32 Å². The van der Waals surface area contributed by atoms with Crippen molar-refractivity contribution in [3.63, 3.8) is 0 Å². The molecule has 4 heteroatoms. The minimum absolute atomic E-state index is 0.651. The van der Waals surface area contributed by atoms with Crippen molar-refractivity contribution in [2.75, 3.05) is 44.5 Å². The van der Waals surface area contributed by atoms with E-state index >= 15 is 0 Å². The predicted molar refractivity (Wildman–Crippen MR) is 71.4 cm³/mol. The molecule has 1 rings (SSSR count). The van der Waals surface area contributed by atoms with Crippen molar-refractivity contribution in [2.24, 2.45) is 0 Å². The Hall–Kier alpha value is -1.26. The summed E-state index contributed by atoms with van der Waals surface area (Å²) in [6.07, 6.45) is 0.956. The molecule has 0 bridgehead atoms. The second-order valence-electron chi connectivity index (χ2n) is 3.92. The van der Waals surface area contributed by atoms with E-state index in [1.54, 1.807) is 7.11 Å². The van der Waals surface area contributed by atoms with Crippen molar-refractivity contribution in [3.05, 3.63) is 23.8 Å². The topological polar surface area (TPSA) is 56.5 Å². The standard InChI is InChI=1S/C13H22N2O2/c1-11-5-3-6-12(14)13(11)15-7-4-8-17-10-9-16-2/h3,5-6,15H,4,7-10,14H2,1-2H3. The lowest BCUT2D eigenvalue weighted by Crippen LogP contribution is -2.10. The van der Waals surface area contributed by atoms with E-state index in [0.29, 0.717) is 13.2 Å². The quantitative estimate of drug-likeness (QED) is 0.537. The first-order chi connectivity index (χ1) is 8.25. The van der Waals surface area contributed by atoms with Gasteiger partial charge in [0.25, 0.3) is 0 Å². The molecule has 0 radical (unpaired) electrons. The molecular weight excluding hydrogens is 216 g/mol. The highest BCUT2D eigenvalue weighted by Gasteiger charge is 2.00. The summed E-state index contributed by atoms with van der Waals surface area (Å²) in [5, 5.41) is 3.34. The summed E-state index contributed by atoms with van der Waals surface area (Å²) in [5.41, 5.74) is 8.89. The number of hydrogen-bond acceptors (Lipinski definition) is 4. The van der Waals surface area contributed by atoms with Gasteiger partial charge in [-0.3, -0.25) is 0 Å². The van der Waals surface area contributed by atoms with E-state index < -0.39 is 0 Å². The van der Waals surface area contributed by atoms with Crippen LogP contribution in [0, 0.1) is 6.92 Å². The van der Waals surface area contributed by atoms with Gasteiger partial charge >= 0.3 is 0 Å². The number of hydrogen-bond donors (Lipinski definition) is 2. The first-order valence-corrected chi connectivity index (χ1v) is 5.91. The average molecular weight is 238 g/mol. The Morgan fingerprint density at radius 2 is 2.06 bits per heavy atom. The molecule has 0 atom stereocenters. The molecule has 0 amide bonds. The van der Waals surface area contributed by atoms with Crippen LogP contribution in [0.4, 0.5) is 11.4 Å². The van der Waals surface area contributed by atoms with Crippen molar-refractivity contribution in [1.82, 2.24) is 0 Å². The molecule has 3 N–H and O–H groups in total. The minimum Gasteiger partial charge on any atom is -0.397 e. The Labute approximate surface area is 103 Å². The number of benzene rings is 1. The average Bonchev–Trinajstić information content (AvgIpc) is 2.31. The Balaban J connectivity index is 2.18. The van der Waals surface area contributed by atoms with E-state index in [9.17, 15) is 0 Å². The zero-order valence-electron chi connectivity index (χ0n) is 10.7. The molecule has 1 aromatic rings. The molecule has 17 heavy (non-hydrogen) atoms. The third-order valence-corrected chi connectivity index (χ3v) is 2.50. The monoisotopic (exact) mass is 238 g/mol. The number of para-hydroxylation sites is 1. The Morgan fingerprint density at radius 3 is 2.76 bits per heavy atom. The van der Waals surface area contributed by atoms with Gasteiger partial charge in [-0.05, 0) is 25.0 Å². The zero-order chi connectivity index (χ0) is 12.5. The van der Waals surface area contributed by atoms with Crippen molar-refractivity contribution in [3.8, 4) is 0 Å². The third-order valence-electron chi connectivity index (χ3n) is 2.50. The molecular formula is C13H22N2O2. The normalized spacial score (nSPS) is 10.5. The fourth-order valence-electron chi connectivity index (χ4n) is 1.56. The maximum atomic E-state index is 5.89. The van der Waals surface area contributed by atoms with Crippen LogP contribution in [0.2, 0.25) is 0 Å². The van der Waals surface area contributed by atoms with Crippen LogP contribution in [-0.2, 0) is 9.47 Å².